The number of hydrogen-bond acceptors (Lipinski definition) is 2. The second-order valence-corrected chi connectivity index (χ2v) is 4.71. The summed E-state index contributed by atoms with van der Waals surface area (Å²) >= 11 is 0. The van der Waals surface area contributed by atoms with Crippen LogP contribution < -0.4 is 5.32 Å². The van der Waals surface area contributed by atoms with Crippen molar-refractivity contribution in [2.24, 2.45) is 0 Å². The normalized spacial score (nSPS) is 12.9. The van der Waals surface area contributed by atoms with Gasteiger partial charge in [0.25, 0.3) is 0 Å². The van der Waals surface area contributed by atoms with E-state index in [0.717, 1.165) is 26.2 Å². The fraction of sp³-hybridized carbons (Fsp3) is 0.625. The predicted octanol–water partition coefficient (Wildman–Crippen LogP) is 3.46. The van der Waals surface area contributed by atoms with Gasteiger partial charge in [-0.2, -0.15) is 0 Å². The van der Waals surface area contributed by atoms with E-state index in [1.165, 1.54) is 18.4 Å². The zero-order valence-corrected chi connectivity index (χ0v) is 12.2. The smallest absolute Gasteiger partial charge is 0.0472 e. The van der Waals surface area contributed by atoms with Gasteiger partial charge < -0.3 is 5.32 Å². The van der Waals surface area contributed by atoms with Crippen molar-refractivity contribution >= 4 is 0 Å². The first-order chi connectivity index (χ1) is 8.83. The van der Waals surface area contributed by atoms with Crippen molar-refractivity contribution < 1.29 is 0 Å². The van der Waals surface area contributed by atoms with E-state index in [0.29, 0.717) is 6.04 Å². The monoisotopic (exact) mass is 248 g/mol. The van der Waals surface area contributed by atoms with E-state index in [-0.39, 0.29) is 0 Å². The Hall–Kier alpha value is -0.860. The lowest BCUT2D eigenvalue weighted by atomic mass is 10.1. The van der Waals surface area contributed by atoms with Crippen LogP contribution in [0.5, 0.6) is 0 Å². The van der Waals surface area contributed by atoms with Crippen LogP contribution in [0.25, 0.3) is 0 Å². The molecule has 0 saturated carbocycles. The Morgan fingerprint density at radius 3 is 2.28 bits per heavy atom. The molecule has 0 aliphatic carbocycles. The van der Waals surface area contributed by atoms with Gasteiger partial charge in [-0.25, -0.2) is 0 Å². The Morgan fingerprint density at radius 1 is 1.06 bits per heavy atom. The molecule has 0 spiro atoms. The molecule has 18 heavy (non-hydrogen) atoms. The molecular weight excluding hydrogens is 220 g/mol. The molecule has 0 aliphatic heterocycles. The van der Waals surface area contributed by atoms with Gasteiger partial charge in [0.2, 0.25) is 0 Å². The minimum absolute atomic E-state index is 0.498. The van der Waals surface area contributed by atoms with Crippen LogP contribution in [0.1, 0.15) is 45.2 Å². The molecule has 0 fully saturated rings. The lowest BCUT2D eigenvalue weighted by Gasteiger charge is -2.30. The highest BCUT2D eigenvalue weighted by atomic mass is 15.2. The van der Waals surface area contributed by atoms with Gasteiger partial charge in [-0.15, -0.1) is 0 Å². The second kappa shape index (κ2) is 9.12. The third kappa shape index (κ3) is 4.79. The molecule has 0 heterocycles. The molecule has 2 nitrogen and oxygen atoms in total. The predicted molar refractivity (Wildman–Crippen MR) is 79.9 cm³/mol. The largest absolute Gasteiger partial charge is 0.315 e. The van der Waals surface area contributed by atoms with Crippen molar-refractivity contribution in [1.82, 2.24) is 10.2 Å². The number of benzene rings is 1. The number of hydrogen-bond donors (Lipinski definition) is 1. The maximum Gasteiger partial charge on any atom is 0.0472 e. The number of rotatable bonds is 9. The topological polar surface area (TPSA) is 15.3 Å². The fourth-order valence-corrected chi connectivity index (χ4v) is 2.34. The summed E-state index contributed by atoms with van der Waals surface area (Å²) in [5.41, 5.74) is 1.42. The maximum atomic E-state index is 3.59. The average Bonchev–Trinajstić information content (AvgIpc) is 2.43. The molecule has 1 atom stereocenters. The molecule has 0 saturated heterocycles. The Kier molecular flexibility index (Phi) is 7.70. The van der Waals surface area contributed by atoms with Crippen molar-refractivity contribution in [3.8, 4) is 0 Å². The minimum atomic E-state index is 0.498. The Bertz CT molecular complexity index is 293. The summed E-state index contributed by atoms with van der Waals surface area (Å²) in [4.78, 5) is 2.52. The molecule has 1 rings (SSSR count). The molecule has 0 radical (unpaired) electrons. The average molecular weight is 248 g/mol. The molecule has 0 aliphatic rings. The van der Waals surface area contributed by atoms with Crippen LogP contribution in [0.15, 0.2) is 30.3 Å². The molecule has 1 unspecified atom stereocenters. The number of likely N-dealkylation sites (N-methyl/N-ethyl adjacent to an activating group) is 1. The molecule has 1 N–H and O–H groups in total. The van der Waals surface area contributed by atoms with Crippen LogP contribution in [-0.2, 0) is 0 Å². The molecule has 0 aromatic heterocycles. The van der Waals surface area contributed by atoms with Crippen LogP contribution in [-0.4, -0.2) is 31.1 Å². The van der Waals surface area contributed by atoms with Gasteiger partial charge in [0.05, 0.1) is 0 Å². The first kappa shape index (κ1) is 15.2. The zero-order valence-electron chi connectivity index (χ0n) is 12.2. The second-order valence-electron chi connectivity index (χ2n) is 4.71. The van der Waals surface area contributed by atoms with Gasteiger partial charge in [-0.05, 0) is 31.6 Å². The highest BCUT2D eigenvalue weighted by Crippen LogP contribution is 2.19. The molecule has 0 amide bonds. The van der Waals surface area contributed by atoms with Crippen molar-refractivity contribution in [2.45, 2.75) is 39.7 Å². The van der Waals surface area contributed by atoms with Crippen LogP contribution in [0.3, 0.4) is 0 Å². The number of unbranched alkanes of at least 4 members (excludes halogenated alkanes) is 1. The van der Waals surface area contributed by atoms with Crippen molar-refractivity contribution in [3.63, 3.8) is 0 Å². The third-order valence-corrected chi connectivity index (χ3v) is 3.48. The lowest BCUT2D eigenvalue weighted by Crippen LogP contribution is -2.36. The van der Waals surface area contributed by atoms with E-state index in [1.807, 2.05) is 0 Å². The molecule has 2 heteroatoms. The van der Waals surface area contributed by atoms with Crippen molar-refractivity contribution in [2.75, 3.05) is 26.2 Å². The fourth-order valence-electron chi connectivity index (χ4n) is 2.34. The van der Waals surface area contributed by atoms with Gasteiger partial charge in [-0.1, -0.05) is 57.5 Å². The van der Waals surface area contributed by atoms with Gasteiger partial charge in [-0.3, -0.25) is 4.90 Å². The summed E-state index contributed by atoms with van der Waals surface area (Å²) < 4.78 is 0. The first-order valence-electron chi connectivity index (χ1n) is 7.33. The van der Waals surface area contributed by atoms with Crippen LogP contribution in [0, 0.1) is 0 Å². The zero-order chi connectivity index (χ0) is 13.2. The summed E-state index contributed by atoms with van der Waals surface area (Å²) in [5.74, 6) is 0. The van der Waals surface area contributed by atoms with E-state index >= 15 is 0 Å². The van der Waals surface area contributed by atoms with E-state index < -0.39 is 0 Å². The van der Waals surface area contributed by atoms with Crippen LogP contribution in [0.2, 0.25) is 0 Å². The maximum absolute atomic E-state index is 3.59. The van der Waals surface area contributed by atoms with E-state index in [4.69, 9.17) is 0 Å². The van der Waals surface area contributed by atoms with Crippen molar-refractivity contribution in [1.29, 1.82) is 0 Å². The van der Waals surface area contributed by atoms with Crippen LogP contribution >= 0.6 is 0 Å². The Morgan fingerprint density at radius 2 is 1.72 bits per heavy atom. The van der Waals surface area contributed by atoms with E-state index in [2.05, 4.69) is 61.3 Å². The summed E-state index contributed by atoms with van der Waals surface area (Å²) in [6.45, 7) is 11.1. The molecule has 1 aromatic rings. The van der Waals surface area contributed by atoms with Gasteiger partial charge in [0.15, 0.2) is 0 Å². The first-order valence-corrected chi connectivity index (χ1v) is 7.33. The summed E-state index contributed by atoms with van der Waals surface area (Å²) in [6, 6.07) is 11.3. The molecular formula is C16H28N2. The third-order valence-electron chi connectivity index (χ3n) is 3.48. The van der Waals surface area contributed by atoms with Gasteiger partial charge in [0, 0.05) is 12.6 Å². The van der Waals surface area contributed by atoms with Crippen molar-refractivity contribution in [3.05, 3.63) is 35.9 Å². The van der Waals surface area contributed by atoms with Gasteiger partial charge >= 0.3 is 0 Å². The Labute approximate surface area is 112 Å². The van der Waals surface area contributed by atoms with Gasteiger partial charge in [0.1, 0.15) is 0 Å². The van der Waals surface area contributed by atoms with E-state index in [9.17, 15) is 0 Å². The summed E-state index contributed by atoms with van der Waals surface area (Å²) in [6.07, 6.45) is 2.52. The molecule has 102 valence electrons. The molecule has 0 bridgehead atoms. The molecule has 1 aromatic carbocycles. The Balaban J connectivity index is 2.63. The highest BCUT2D eigenvalue weighted by Gasteiger charge is 2.16. The number of nitrogens with zero attached hydrogens (tertiary/aromatic N) is 1. The van der Waals surface area contributed by atoms with Crippen LogP contribution in [0.4, 0.5) is 0 Å². The SMILES string of the molecule is CCCCNCC(c1ccccc1)N(CC)CC. The minimum Gasteiger partial charge on any atom is -0.315 e. The summed E-state index contributed by atoms with van der Waals surface area (Å²) in [5, 5.41) is 3.59. The highest BCUT2D eigenvalue weighted by molar-refractivity contribution is 5.19. The number of nitrogens with one attached hydrogen (secondary N) is 1. The lowest BCUT2D eigenvalue weighted by molar-refractivity contribution is 0.213. The van der Waals surface area contributed by atoms with E-state index in [1.54, 1.807) is 0 Å². The standard InChI is InChI=1S/C16H28N2/c1-4-7-13-17-14-16(18(5-2)6-3)15-11-9-8-10-12-15/h8-12,16-17H,4-7,13-14H2,1-3H3. The quantitative estimate of drug-likeness (QED) is 0.673. The summed E-state index contributed by atoms with van der Waals surface area (Å²) in [7, 11) is 0.